The van der Waals surface area contributed by atoms with Crippen molar-refractivity contribution in [1.29, 1.82) is 0 Å². The van der Waals surface area contributed by atoms with Crippen LogP contribution in [0.25, 0.3) is 0 Å². The molecule has 0 saturated carbocycles. The smallest absolute Gasteiger partial charge is 0.387 e. The Hall–Kier alpha value is -2.72. The van der Waals surface area contributed by atoms with Gasteiger partial charge in [0.2, 0.25) is 0 Å². The molecule has 0 bridgehead atoms. The Kier molecular flexibility index (Phi) is 5.52. The third kappa shape index (κ3) is 4.39. The van der Waals surface area contributed by atoms with Crippen molar-refractivity contribution in [1.82, 2.24) is 14.8 Å². The first-order valence-electron chi connectivity index (χ1n) is 8.28. The van der Waals surface area contributed by atoms with Crippen molar-refractivity contribution < 1.29 is 23.1 Å². The normalized spacial score (nSPS) is 12.8. The zero-order valence-electron chi connectivity index (χ0n) is 15.0. The summed E-state index contributed by atoms with van der Waals surface area (Å²) in [4.78, 5) is 16.7. The molecule has 0 aliphatic carbocycles. The number of aryl methyl sites for hydroxylation is 1. The number of rotatable bonds is 5. The average molecular weight is 410 g/mol. The number of anilines is 1. The van der Waals surface area contributed by atoms with Gasteiger partial charge in [-0.15, -0.1) is 11.3 Å². The zero-order chi connectivity index (χ0) is 20.5. The summed E-state index contributed by atoms with van der Waals surface area (Å²) in [6.45, 7) is 1.50. The lowest BCUT2D eigenvalue weighted by molar-refractivity contribution is -0.137. The van der Waals surface area contributed by atoms with Crippen molar-refractivity contribution in [2.75, 3.05) is 5.32 Å². The van der Waals surface area contributed by atoms with Gasteiger partial charge in [0.25, 0.3) is 5.91 Å². The molecule has 1 amide bonds. The Labute approximate surface area is 162 Å². The summed E-state index contributed by atoms with van der Waals surface area (Å²) in [5.41, 5.74) is 0.291. The molecular weight excluding hydrogens is 393 g/mol. The van der Waals surface area contributed by atoms with E-state index in [0.717, 1.165) is 23.5 Å². The first-order valence-corrected chi connectivity index (χ1v) is 9.10. The summed E-state index contributed by atoms with van der Waals surface area (Å²) >= 11 is 1.11. The molecule has 3 rings (SSSR count). The highest BCUT2D eigenvalue weighted by atomic mass is 32.1. The Morgan fingerprint density at radius 1 is 1.36 bits per heavy atom. The lowest BCUT2D eigenvalue weighted by Crippen LogP contribution is -2.16. The predicted molar refractivity (Wildman–Crippen MR) is 98.2 cm³/mol. The van der Waals surface area contributed by atoms with Crippen LogP contribution in [0.1, 0.15) is 45.3 Å². The minimum atomic E-state index is -4.42. The number of benzene rings is 1. The number of aromatic nitrogens is 3. The Bertz CT molecular complexity index is 995. The van der Waals surface area contributed by atoms with Gasteiger partial charge in [-0.25, -0.2) is 4.98 Å². The van der Waals surface area contributed by atoms with Crippen LogP contribution in [0.5, 0.6) is 0 Å². The van der Waals surface area contributed by atoms with Crippen molar-refractivity contribution in [2.24, 2.45) is 7.05 Å². The van der Waals surface area contributed by atoms with E-state index in [9.17, 15) is 23.1 Å². The molecular formula is C18H17F3N4O2S. The molecule has 2 heterocycles. The molecule has 148 valence electrons. The van der Waals surface area contributed by atoms with E-state index < -0.39 is 23.8 Å². The molecule has 0 fully saturated rings. The molecule has 28 heavy (non-hydrogen) atoms. The molecule has 2 N–H and O–H groups in total. The number of alkyl halides is 3. The van der Waals surface area contributed by atoms with Crippen molar-refractivity contribution in [3.63, 3.8) is 0 Å². The van der Waals surface area contributed by atoms with Crippen LogP contribution in [0, 0.1) is 0 Å². The maximum Gasteiger partial charge on any atom is 0.416 e. The molecule has 1 aromatic carbocycles. The van der Waals surface area contributed by atoms with Crippen LogP contribution in [0.3, 0.4) is 0 Å². The standard InChI is InChI=1S/C18H17F3N4O2S/c1-10(26)15-17(24-16(27)13-6-7-22-25(13)2)28-14(23-15)9-11-4-3-5-12(8-11)18(19,20)21/h3-8,10,26H,9H2,1-2H3,(H,24,27)/t10-/m0/s1. The summed E-state index contributed by atoms with van der Waals surface area (Å²) in [6.07, 6.45) is -3.74. The second-order valence-electron chi connectivity index (χ2n) is 6.17. The number of aliphatic hydroxyl groups is 1. The van der Waals surface area contributed by atoms with Gasteiger partial charge in [-0.05, 0) is 24.6 Å². The zero-order valence-corrected chi connectivity index (χ0v) is 15.8. The monoisotopic (exact) mass is 410 g/mol. The number of nitrogens with one attached hydrogen (secondary N) is 1. The number of carbonyl (C=O) groups excluding carboxylic acids is 1. The first kappa shape index (κ1) is 20.0. The summed E-state index contributed by atoms with van der Waals surface area (Å²) in [6, 6.07) is 6.53. The van der Waals surface area contributed by atoms with Crippen LogP contribution in [0.15, 0.2) is 36.5 Å². The Morgan fingerprint density at radius 3 is 2.71 bits per heavy atom. The summed E-state index contributed by atoms with van der Waals surface area (Å²) < 4.78 is 40.1. The third-order valence-corrected chi connectivity index (χ3v) is 4.97. The minimum Gasteiger partial charge on any atom is -0.387 e. The van der Waals surface area contributed by atoms with E-state index in [1.165, 1.54) is 23.9 Å². The molecule has 3 aromatic rings. The number of amides is 1. The maximum atomic E-state index is 12.9. The molecule has 0 aliphatic rings. The molecule has 2 aromatic heterocycles. The second kappa shape index (κ2) is 7.72. The largest absolute Gasteiger partial charge is 0.416 e. The molecule has 0 saturated heterocycles. The van der Waals surface area contributed by atoms with Gasteiger partial charge in [-0.3, -0.25) is 9.48 Å². The quantitative estimate of drug-likeness (QED) is 0.671. The Balaban J connectivity index is 1.85. The van der Waals surface area contributed by atoms with E-state index in [0.29, 0.717) is 21.3 Å². The van der Waals surface area contributed by atoms with Gasteiger partial charge in [-0.1, -0.05) is 18.2 Å². The van der Waals surface area contributed by atoms with Crippen LogP contribution in [-0.2, 0) is 19.6 Å². The number of hydrogen-bond donors (Lipinski definition) is 2. The van der Waals surface area contributed by atoms with Gasteiger partial charge in [0, 0.05) is 19.7 Å². The molecule has 1 atom stereocenters. The first-order chi connectivity index (χ1) is 13.1. The molecule has 0 unspecified atom stereocenters. The maximum absolute atomic E-state index is 12.9. The number of nitrogens with zero attached hydrogens (tertiary/aromatic N) is 3. The highest BCUT2D eigenvalue weighted by Gasteiger charge is 2.30. The van der Waals surface area contributed by atoms with Crippen molar-refractivity contribution >= 4 is 22.2 Å². The van der Waals surface area contributed by atoms with Crippen molar-refractivity contribution in [3.8, 4) is 0 Å². The molecule has 10 heteroatoms. The number of carbonyl (C=O) groups is 1. The van der Waals surface area contributed by atoms with Crippen molar-refractivity contribution in [3.05, 3.63) is 64.1 Å². The molecule has 0 aliphatic heterocycles. The number of halogens is 3. The molecule has 0 radical (unpaired) electrons. The summed E-state index contributed by atoms with van der Waals surface area (Å²) in [5.74, 6) is -0.420. The highest BCUT2D eigenvalue weighted by Crippen LogP contribution is 2.33. The fraction of sp³-hybridized carbons (Fsp3) is 0.278. The fourth-order valence-corrected chi connectivity index (χ4v) is 3.71. The van der Waals surface area contributed by atoms with E-state index in [1.54, 1.807) is 19.2 Å². The minimum absolute atomic E-state index is 0.149. The summed E-state index contributed by atoms with van der Waals surface area (Å²) in [7, 11) is 1.62. The van der Waals surface area contributed by atoms with Crippen molar-refractivity contribution in [2.45, 2.75) is 25.6 Å². The SMILES string of the molecule is C[C@H](O)c1nc(Cc2cccc(C(F)(F)F)c2)sc1NC(=O)c1ccnn1C. The Morgan fingerprint density at radius 2 is 2.11 bits per heavy atom. The van der Waals surface area contributed by atoms with E-state index in [-0.39, 0.29) is 12.1 Å². The van der Waals surface area contributed by atoms with Gasteiger partial charge < -0.3 is 10.4 Å². The average Bonchev–Trinajstić information content (AvgIpc) is 3.20. The second-order valence-corrected chi connectivity index (χ2v) is 7.25. The third-order valence-electron chi connectivity index (χ3n) is 3.98. The van der Waals surface area contributed by atoms with Crippen LogP contribution < -0.4 is 5.32 Å². The number of aliphatic hydroxyl groups excluding tert-OH is 1. The number of thiazole rings is 1. The highest BCUT2D eigenvalue weighted by molar-refractivity contribution is 7.16. The van der Waals surface area contributed by atoms with Gasteiger partial charge in [0.15, 0.2) is 0 Å². The van der Waals surface area contributed by atoms with Crippen LogP contribution >= 0.6 is 11.3 Å². The van der Waals surface area contributed by atoms with Gasteiger partial charge in [0.05, 0.1) is 16.7 Å². The van der Waals surface area contributed by atoms with E-state index in [4.69, 9.17) is 0 Å². The van der Waals surface area contributed by atoms with E-state index in [1.807, 2.05) is 0 Å². The van der Waals surface area contributed by atoms with Gasteiger partial charge in [0.1, 0.15) is 16.4 Å². The lowest BCUT2D eigenvalue weighted by atomic mass is 10.1. The van der Waals surface area contributed by atoms with E-state index in [2.05, 4.69) is 15.4 Å². The topological polar surface area (TPSA) is 80.0 Å². The van der Waals surface area contributed by atoms with Crippen LogP contribution in [-0.4, -0.2) is 25.8 Å². The van der Waals surface area contributed by atoms with E-state index >= 15 is 0 Å². The number of hydrogen-bond acceptors (Lipinski definition) is 5. The molecule has 0 spiro atoms. The fourth-order valence-electron chi connectivity index (χ4n) is 2.62. The lowest BCUT2D eigenvalue weighted by Gasteiger charge is -2.07. The predicted octanol–water partition coefficient (Wildman–Crippen LogP) is 3.79. The van der Waals surface area contributed by atoms with Gasteiger partial charge in [-0.2, -0.15) is 18.3 Å². The summed E-state index contributed by atoms with van der Waals surface area (Å²) in [5, 5.41) is 17.4. The van der Waals surface area contributed by atoms with Crippen LogP contribution in [0.2, 0.25) is 0 Å². The van der Waals surface area contributed by atoms with Crippen LogP contribution in [0.4, 0.5) is 18.2 Å². The van der Waals surface area contributed by atoms with Gasteiger partial charge >= 0.3 is 6.18 Å². The molecule has 6 nitrogen and oxygen atoms in total.